The smallest absolute Gasteiger partial charge is 0.267 e. The highest BCUT2D eigenvalue weighted by atomic mass is 35.5. The van der Waals surface area contributed by atoms with Gasteiger partial charge < -0.3 is 15.4 Å². The van der Waals surface area contributed by atoms with Gasteiger partial charge >= 0.3 is 0 Å². The molecule has 0 bridgehead atoms. The summed E-state index contributed by atoms with van der Waals surface area (Å²) in [7, 11) is -3.75. The highest BCUT2D eigenvalue weighted by Crippen LogP contribution is 2.27. The van der Waals surface area contributed by atoms with Crippen molar-refractivity contribution >= 4 is 44.7 Å². The summed E-state index contributed by atoms with van der Waals surface area (Å²) < 4.78 is 32.3. The lowest BCUT2D eigenvalue weighted by Crippen LogP contribution is -2.40. The Morgan fingerprint density at radius 1 is 1.15 bits per heavy atom. The van der Waals surface area contributed by atoms with Crippen LogP contribution < -0.4 is 10.6 Å². The third-order valence-corrected chi connectivity index (χ3v) is 7.06. The topological polar surface area (TPSA) is 129 Å². The van der Waals surface area contributed by atoms with Crippen molar-refractivity contribution in [1.29, 1.82) is 5.26 Å². The number of nitrogens with zero attached hydrogens (tertiary/aromatic N) is 2. The normalized spacial score (nSPS) is 14.9. The average molecular weight is 489 g/mol. The molecule has 172 valence electrons. The summed E-state index contributed by atoms with van der Waals surface area (Å²) in [5.74, 6) is -0.793. The van der Waals surface area contributed by atoms with Crippen LogP contribution in [0.4, 0.5) is 11.4 Å². The molecule has 0 radical (unpaired) electrons. The molecule has 9 nitrogen and oxygen atoms in total. The maximum atomic E-state index is 12.9. The summed E-state index contributed by atoms with van der Waals surface area (Å²) in [6, 6.07) is 12.2. The van der Waals surface area contributed by atoms with Crippen molar-refractivity contribution in [2.24, 2.45) is 0 Å². The van der Waals surface area contributed by atoms with Crippen LogP contribution in [0.5, 0.6) is 0 Å². The van der Waals surface area contributed by atoms with Crippen molar-refractivity contribution in [3.8, 4) is 6.07 Å². The van der Waals surface area contributed by atoms with Gasteiger partial charge in [0.15, 0.2) is 5.78 Å². The third kappa shape index (κ3) is 5.97. The Bertz CT molecular complexity index is 1230. The molecule has 2 aromatic carbocycles. The maximum absolute atomic E-state index is 12.9. The fraction of sp³-hybridized carbons (Fsp3) is 0.227. The highest BCUT2D eigenvalue weighted by Gasteiger charge is 2.26. The first-order valence-electron chi connectivity index (χ1n) is 9.89. The lowest BCUT2D eigenvalue weighted by molar-refractivity contribution is -0.112. The van der Waals surface area contributed by atoms with Crippen LogP contribution in [0.3, 0.4) is 0 Å². The fourth-order valence-electron chi connectivity index (χ4n) is 3.00. The zero-order valence-electron chi connectivity index (χ0n) is 17.7. The number of hydrogen-bond acceptors (Lipinski definition) is 7. The molecule has 3 rings (SSSR count). The molecule has 11 heteroatoms. The first-order chi connectivity index (χ1) is 15.7. The first kappa shape index (κ1) is 24.4. The van der Waals surface area contributed by atoms with Gasteiger partial charge in [0.05, 0.1) is 28.8 Å². The molecule has 2 aromatic rings. The summed E-state index contributed by atoms with van der Waals surface area (Å²) in [5.41, 5.74) is 0.857. The van der Waals surface area contributed by atoms with Crippen molar-refractivity contribution in [1.82, 2.24) is 4.31 Å². The Balaban J connectivity index is 1.76. The number of nitriles is 1. The van der Waals surface area contributed by atoms with E-state index in [1.807, 2.05) is 0 Å². The van der Waals surface area contributed by atoms with E-state index in [0.29, 0.717) is 24.5 Å². The number of morpholine rings is 1. The molecule has 0 aliphatic carbocycles. The summed E-state index contributed by atoms with van der Waals surface area (Å²) in [6.45, 7) is 2.57. The number of sulfonamides is 1. The van der Waals surface area contributed by atoms with Gasteiger partial charge in [-0.2, -0.15) is 9.57 Å². The SMILES string of the molecule is CC(=O)c1ccc(NC(=O)/C(C#N)=C\Nc2cc(S(=O)(=O)N3CCOCC3)ccc2Cl)cc1. The number of hydrogen-bond donors (Lipinski definition) is 2. The van der Waals surface area contributed by atoms with Crippen LogP contribution in [0.1, 0.15) is 17.3 Å². The van der Waals surface area contributed by atoms with Crippen LogP contribution in [0.2, 0.25) is 5.02 Å². The number of rotatable bonds is 7. The van der Waals surface area contributed by atoms with Gasteiger partial charge in [0, 0.05) is 30.5 Å². The lowest BCUT2D eigenvalue weighted by atomic mass is 10.1. The van der Waals surface area contributed by atoms with Crippen molar-refractivity contribution < 1.29 is 22.7 Å². The van der Waals surface area contributed by atoms with E-state index in [2.05, 4.69) is 10.6 Å². The molecular formula is C22H21ClN4O5S. The van der Waals surface area contributed by atoms with Crippen LogP contribution in [0, 0.1) is 11.3 Å². The van der Waals surface area contributed by atoms with Gasteiger partial charge in [0.2, 0.25) is 10.0 Å². The third-order valence-electron chi connectivity index (χ3n) is 4.83. The second-order valence-corrected chi connectivity index (χ2v) is 9.41. The molecule has 0 saturated carbocycles. The van der Waals surface area contributed by atoms with Crippen molar-refractivity contribution in [3.63, 3.8) is 0 Å². The van der Waals surface area contributed by atoms with Crippen LogP contribution >= 0.6 is 11.6 Å². The molecule has 0 unspecified atom stereocenters. The molecule has 2 N–H and O–H groups in total. The quantitative estimate of drug-likeness (QED) is 0.348. The fourth-order valence-corrected chi connectivity index (χ4v) is 4.60. The minimum absolute atomic E-state index is 0.0261. The van der Waals surface area contributed by atoms with E-state index in [0.717, 1.165) is 6.20 Å². The minimum atomic E-state index is -3.75. The van der Waals surface area contributed by atoms with Gasteiger partial charge in [-0.25, -0.2) is 8.42 Å². The standard InChI is InChI=1S/C22H21ClN4O5S/c1-15(28)16-2-4-18(5-3-16)26-22(29)17(13-24)14-25-21-12-19(6-7-20(21)23)33(30,31)27-8-10-32-11-9-27/h2-7,12,14,25H,8-11H2,1H3,(H,26,29)/b17-14-. The monoisotopic (exact) mass is 488 g/mol. The van der Waals surface area contributed by atoms with Gasteiger partial charge in [0.25, 0.3) is 5.91 Å². The molecule has 1 fully saturated rings. The number of benzene rings is 2. The molecular weight excluding hydrogens is 468 g/mol. The molecule has 1 amide bonds. The van der Waals surface area contributed by atoms with E-state index in [4.69, 9.17) is 16.3 Å². The van der Waals surface area contributed by atoms with Crippen molar-refractivity contribution in [2.75, 3.05) is 36.9 Å². The number of halogens is 1. The Morgan fingerprint density at radius 3 is 2.42 bits per heavy atom. The second-order valence-electron chi connectivity index (χ2n) is 7.06. The minimum Gasteiger partial charge on any atom is -0.379 e. The molecule has 1 aliphatic heterocycles. The Hall–Kier alpha value is -3.23. The number of carbonyl (C=O) groups is 2. The van der Waals surface area contributed by atoms with Crippen LogP contribution in [-0.4, -0.2) is 50.7 Å². The van der Waals surface area contributed by atoms with E-state index in [9.17, 15) is 23.3 Å². The molecule has 1 heterocycles. The number of amides is 1. The van der Waals surface area contributed by atoms with Crippen molar-refractivity contribution in [2.45, 2.75) is 11.8 Å². The average Bonchev–Trinajstić information content (AvgIpc) is 2.81. The molecule has 0 spiro atoms. The first-order valence-corrected chi connectivity index (χ1v) is 11.7. The predicted molar refractivity (Wildman–Crippen MR) is 123 cm³/mol. The van der Waals surface area contributed by atoms with Gasteiger partial charge in [0.1, 0.15) is 11.6 Å². The maximum Gasteiger partial charge on any atom is 0.267 e. The molecule has 0 atom stereocenters. The number of nitrogens with one attached hydrogen (secondary N) is 2. The van der Waals surface area contributed by atoms with Crippen molar-refractivity contribution in [3.05, 3.63) is 64.8 Å². The predicted octanol–water partition coefficient (Wildman–Crippen LogP) is 3.02. The van der Waals surface area contributed by atoms with E-state index in [1.165, 1.54) is 29.4 Å². The largest absolute Gasteiger partial charge is 0.379 e. The van der Waals surface area contributed by atoms with Gasteiger partial charge in [-0.1, -0.05) is 11.6 Å². The molecule has 1 aliphatic rings. The second kappa shape index (κ2) is 10.6. The number of Topliss-reactive ketones (excluding diaryl/α,β-unsaturated/α-hetero) is 1. The summed E-state index contributed by atoms with van der Waals surface area (Å²) >= 11 is 6.18. The number of anilines is 2. The zero-order valence-corrected chi connectivity index (χ0v) is 19.2. The summed E-state index contributed by atoms with van der Waals surface area (Å²) in [4.78, 5) is 23.8. The van der Waals surface area contributed by atoms with Gasteiger partial charge in [-0.05, 0) is 49.4 Å². The van der Waals surface area contributed by atoms with Crippen LogP contribution in [-0.2, 0) is 19.6 Å². The summed E-state index contributed by atoms with van der Waals surface area (Å²) in [5, 5.41) is 14.9. The van der Waals surface area contributed by atoms with E-state index < -0.39 is 15.9 Å². The Morgan fingerprint density at radius 2 is 1.82 bits per heavy atom. The number of ether oxygens (including phenoxy) is 1. The Labute approximate surface area is 196 Å². The van der Waals surface area contributed by atoms with E-state index >= 15 is 0 Å². The summed E-state index contributed by atoms with van der Waals surface area (Å²) in [6.07, 6.45) is 1.14. The molecule has 1 saturated heterocycles. The van der Waals surface area contributed by atoms with Gasteiger partial charge in [-0.15, -0.1) is 0 Å². The lowest BCUT2D eigenvalue weighted by Gasteiger charge is -2.26. The highest BCUT2D eigenvalue weighted by molar-refractivity contribution is 7.89. The van der Waals surface area contributed by atoms with Gasteiger partial charge in [-0.3, -0.25) is 9.59 Å². The zero-order chi connectivity index (χ0) is 24.0. The molecule has 0 aromatic heterocycles. The van der Waals surface area contributed by atoms with E-state index in [1.54, 1.807) is 30.3 Å². The van der Waals surface area contributed by atoms with Crippen LogP contribution in [0.25, 0.3) is 0 Å². The molecule has 33 heavy (non-hydrogen) atoms. The number of ketones is 1. The van der Waals surface area contributed by atoms with Crippen LogP contribution in [0.15, 0.2) is 59.1 Å². The van der Waals surface area contributed by atoms with E-state index in [-0.39, 0.29) is 40.1 Å². The number of carbonyl (C=O) groups excluding carboxylic acids is 2. The Kier molecular flexibility index (Phi) is 7.84.